The molecule has 0 spiro atoms. The number of nitrogens with zero attached hydrogens (tertiary/aromatic N) is 1. The average molecular weight is 523 g/mol. The molecule has 1 saturated carbocycles. The van der Waals surface area contributed by atoms with E-state index in [0.717, 1.165) is 75.0 Å². The highest BCUT2D eigenvalue weighted by Gasteiger charge is 2.34. The van der Waals surface area contributed by atoms with Crippen molar-refractivity contribution < 1.29 is 24.5 Å². The van der Waals surface area contributed by atoms with Gasteiger partial charge in [0.05, 0.1) is 24.3 Å². The summed E-state index contributed by atoms with van der Waals surface area (Å²) >= 11 is 0. The summed E-state index contributed by atoms with van der Waals surface area (Å²) in [6.07, 6.45) is 8.65. The van der Waals surface area contributed by atoms with Crippen LogP contribution in [0, 0.1) is 11.8 Å². The van der Waals surface area contributed by atoms with E-state index >= 15 is 0 Å². The Kier molecular flexibility index (Phi) is 9.91. The molecule has 1 saturated heterocycles. The zero-order valence-corrected chi connectivity index (χ0v) is 22.5. The van der Waals surface area contributed by atoms with Gasteiger partial charge in [-0.25, -0.2) is 0 Å². The van der Waals surface area contributed by atoms with Gasteiger partial charge in [-0.15, -0.1) is 0 Å². The SMILES string of the molecule is CCCCCCNC(=O)c1ccc(O)cc1N1CCC(COc2cccc(C(CC(=O)O)C3CC3)c2)CC1. The van der Waals surface area contributed by atoms with Crippen molar-refractivity contribution in [2.24, 2.45) is 11.8 Å². The number of carboxylic acid groups (broad SMARTS) is 1. The highest BCUT2D eigenvalue weighted by molar-refractivity contribution is 6.00. The van der Waals surface area contributed by atoms with E-state index in [4.69, 9.17) is 4.74 Å². The summed E-state index contributed by atoms with van der Waals surface area (Å²) < 4.78 is 6.17. The van der Waals surface area contributed by atoms with E-state index in [9.17, 15) is 19.8 Å². The van der Waals surface area contributed by atoms with Crippen molar-refractivity contribution in [3.05, 3.63) is 53.6 Å². The number of benzene rings is 2. The Labute approximate surface area is 226 Å². The van der Waals surface area contributed by atoms with Gasteiger partial charge in [-0.05, 0) is 79.7 Å². The van der Waals surface area contributed by atoms with Gasteiger partial charge in [-0.2, -0.15) is 0 Å². The molecular weight excluding hydrogens is 480 g/mol. The van der Waals surface area contributed by atoms with Crippen LogP contribution in [0.3, 0.4) is 0 Å². The minimum Gasteiger partial charge on any atom is -0.508 e. The van der Waals surface area contributed by atoms with E-state index in [2.05, 4.69) is 17.1 Å². The molecule has 7 nitrogen and oxygen atoms in total. The van der Waals surface area contributed by atoms with Crippen molar-refractivity contribution in [1.29, 1.82) is 0 Å². The molecule has 2 fully saturated rings. The number of unbranched alkanes of at least 4 members (excludes halogenated alkanes) is 3. The molecule has 7 heteroatoms. The Morgan fingerprint density at radius 2 is 1.84 bits per heavy atom. The summed E-state index contributed by atoms with van der Waals surface area (Å²) in [5.41, 5.74) is 2.45. The second kappa shape index (κ2) is 13.5. The van der Waals surface area contributed by atoms with Gasteiger partial charge in [-0.3, -0.25) is 9.59 Å². The Balaban J connectivity index is 1.30. The fourth-order valence-electron chi connectivity index (χ4n) is 5.46. The maximum absolute atomic E-state index is 12.9. The number of hydrogen-bond acceptors (Lipinski definition) is 5. The number of phenolic OH excluding ortho intramolecular Hbond substituents is 1. The predicted octanol–water partition coefficient (Wildman–Crippen LogP) is 5.97. The lowest BCUT2D eigenvalue weighted by Gasteiger charge is -2.34. The van der Waals surface area contributed by atoms with Gasteiger partial charge >= 0.3 is 5.97 Å². The number of carbonyl (C=O) groups is 2. The minimum absolute atomic E-state index is 0.0595. The maximum Gasteiger partial charge on any atom is 0.303 e. The number of carboxylic acids is 1. The zero-order chi connectivity index (χ0) is 26.9. The summed E-state index contributed by atoms with van der Waals surface area (Å²) in [5.74, 6) is 1.04. The average Bonchev–Trinajstić information content (AvgIpc) is 3.76. The number of rotatable bonds is 14. The smallest absolute Gasteiger partial charge is 0.303 e. The Morgan fingerprint density at radius 3 is 2.55 bits per heavy atom. The third kappa shape index (κ3) is 7.89. The molecular formula is C31H42N2O5. The predicted molar refractivity (Wildman–Crippen MR) is 149 cm³/mol. The minimum atomic E-state index is -0.751. The maximum atomic E-state index is 12.9. The fraction of sp³-hybridized carbons (Fsp3) is 0.548. The van der Waals surface area contributed by atoms with Crippen molar-refractivity contribution in [2.45, 2.75) is 70.6 Å². The van der Waals surface area contributed by atoms with Crippen LogP contribution in [0.15, 0.2) is 42.5 Å². The van der Waals surface area contributed by atoms with E-state index in [-0.39, 0.29) is 24.0 Å². The van der Waals surface area contributed by atoms with Gasteiger partial charge < -0.3 is 25.2 Å². The number of amides is 1. The highest BCUT2D eigenvalue weighted by Crippen LogP contribution is 2.45. The van der Waals surface area contributed by atoms with Gasteiger partial charge in [0.2, 0.25) is 0 Å². The van der Waals surface area contributed by atoms with Crippen molar-refractivity contribution in [3.63, 3.8) is 0 Å². The highest BCUT2D eigenvalue weighted by atomic mass is 16.5. The van der Waals surface area contributed by atoms with Gasteiger partial charge in [0.1, 0.15) is 11.5 Å². The first kappa shape index (κ1) is 27.8. The quantitative estimate of drug-likeness (QED) is 0.265. The first-order valence-corrected chi connectivity index (χ1v) is 14.2. The van der Waals surface area contributed by atoms with Gasteiger partial charge in [0, 0.05) is 25.7 Å². The molecule has 0 radical (unpaired) electrons. The number of carbonyl (C=O) groups excluding carboxylic acids is 1. The lowest BCUT2D eigenvalue weighted by Crippen LogP contribution is -2.37. The number of hydrogen-bond donors (Lipinski definition) is 3. The van der Waals surface area contributed by atoms with Crippen LogP contribution in [0.4, 0.5) is 5.69 Å². The van der Waals surface area contributed by atoms with Gasteiger partial charge in [0.15, 0.2) is 0 Å². The van der Waals surface area contributed by atoms with Crippen LogP contribution >= 0.6 is 0 Å². The van der Waals surface area contributed by atoms with E-state index in [1.165, 1.54) is 6.42 Å². The van der Waals surface area contributed by atoms with E-state index in [1.807, 2.05) is 24.3 Å². The molecule has 4 rings (SSSR count). The van der Waals surface area contributed by atoms with Crippen molar-refractivity contribution in [1.82, 2.24) is 5.32 Å². The summed E-state index contributed by atoms with van der Waals surface area (Å²) in [4.78, 5) is 26.4. The topological polar surface area (TPSA) is 99.1 Å². The normalized spacial score (nSPS) is 16.7. The van der Waals surface area contributed by atoms with Crippen LogP contribution in [0.1, 0.15) is 86.6 Å². The molecule has 2 aliphatic rings. The second-order valence-corrected chi connectivity index (χ2v) is 10.9. The molecule has 2 aromatic carbocycles. The molecule has 3 N–H and O–H groups in total. The lowest BCUT2D eigenvalue weighted by molar-refractivity contribution is -0.137. The van der Waals surface area contributed by atoms with E-state index in [0.29, 0.717) is 30.6 Å². The van der Waals surface area contributed by atoms with Crippen molar-refractivity contribution >= 4 is 17.6 Å². The number of ether oxygens (including phenoxy) is 1. The summed E-state index contributed by atoms with van der Waals surface area (Å²) in [5, 5.41) is 22.5. The van der Waals surface area contributed by atoms with Crippen LogP contribution in [0.2, 0.25) is 0 Å². The van der Waals surface area contributed by atoms with Crippen LogP contribution in [-0.2, 0) is 4.79 Å². The standard InChI is InChI=1S/C31H42N2O5/c1-2-3-4-5-15-32-31(37)27-12-11-25(34)19-29(27)33-16-13-22(14-17-33)21-38-26-8-6-7-24(18-26)28(20-30(35)36)23-9-10-23/h6-8,11-12,18-19,22-23,28,34H,2-5,9-10,13-17,20-21H2,1H3,(H,32,37)(H,35,36). The number of piperidine rings is 1. The first-order chi connectivity index (χ1) is 18.4. The monoisotopic (exact) mass is 522 g/mol. The summed E-state index contributed by atoms with van der Waals surface area (Å²) in [6.45, 7) is 5.02. The Morgan fingerprint density at radius 1 is 1.05 bits per heavy atom. The molecule has 1 atom stereocenters. The Hall–Kier alpha value is -3.22. The Bertz CT molecular complexity index is 1080. The summed E-state index contributed by atoms with van der Waals surface area (Å²) in [6, 6.07) is 12.9. The molecule has 1 amide bonds. The summed E-state index contributed by atoms with van der Waals surface area (Å²) in [7, 11) is 0. The lowest BCUT2D eigenvalue weighted by atomic mass is 9.91. The van der Waals surface area contributed by atoms with Crippen LogP contribution in [-0.4, -0.2) is 48.3 Å². The second-order valence-electron chi connectivity index (χ2n) is 10.9. The number of anilines is 1. The number of aliphatic carboxylic acids is 1. The van der Waals surface area contributed by atoms with Crippen LogP contribution < -0.4 is 15.0 Å². The van der Waals surface area contributed by atoms with Crippen LogP contribution in [0.25, 0.3) is 0 Å². The number of phenols is 1. The van der Waals surface area contributed by atoms with Crippen LogP contribution in [0.5, 0.6) is 11.5 Å². The van der Waals surface area contributed by atoms with E-state index in [1.54, 1.807) is 18.2 Å². The van der Waals surface area contributed by atoms with Crippen molar-refractivity contribution in [2.75, 3.05) is 31.1 Å². The number of nitrogens with one attached hydrogen (secondary N) is 1. The van der Waals surface area contributed by atoms with E-state index < -0.39 is 5.97 Å². The fourth-order valence-corrected chi connectivity index (χ4v) is 5.46. The van der Waals surface area contributed by atoms with Gasteiger partial charge in [0.25, 0.3) is 5.91 Å². The molecule has 1 unspecified atom stereocenters. The molecule has 1 heterocycles. The molecule has 206 valence electrons. The third-order valence-electron chi connectivity index (χ3n) is 7.85. The van der Waals surface area contributed by atoms with Crippen molar-refractivity contribution in [3.8, 4) is 11.5 Å². The largest absolute Gasteiger partial charge is 0.508 e. The molecule has 0 aromatic heterocycles. The molecule has 2 aromatic rings. The third-order valence-corrected chi connectivity index (χ3v) is 7.85. The van der Waals surface area contributed by atoms with Gasteiger partial charge in [-0.1, -0.05) is 38.3 Å². The first-order valence-electron chi connectivity index (χ1n) is 14.2. The molecule has 0 bridgehead atoms. The number of aromatic hydroxyl groups is 1. The molecule has 1 aliphatic heterocycles. The molecule has 38 heavy (non-hydrogen) atoms. The zero-order valence-electron chi connectivity index (χ0n) is 22.5. The molecule has 1 aliphatic carbocycles.